The summed E-state index contributed by atoms with van der Waals surface area (Å²) in [6.45, 7) is 3.51. The van der Waals surface area contributed by atoms with Crippen LogP contribution in [0.4, 0.5) is 11.5 Å². The fourth-order valence-electron chi connectivity index (χ4n) is 4.02. The third kappa shape index (κ3) is 3.04. The van der Waals surface area contributed by atoms with E-state index in [0.29, 0.717) is 18.1 Å². The number of pyridine rings is 1. The number of hydrogen-bond donors (Lipinski definition) is 3. The Morgan fingerprint density at radius 3 is 2.80 bits per heavy atom. The number of nitrogens with one attached hydrogen (secondary N) is 2. The number of carbonyl (C=O) groups excluding carboxylic acids is 1. The molecule has 4 N–H and O–H groups in total. The van der Waals surface area contributed by atoms with Gasteiger partial charge in [0.2, 0.25) is 0 Å². The van der Waals surface area contributed by atoms with Crippen molar-refractivity contribution in [3.63, 3.8) is 0 Å². The summed E-state index contributed by atoms with van der Waals surface area (Å²) in [6.07, 6.45) is 2.76. The number of rotatable bonds is 5. The molecule has 0 spiro atoms. The van der Waals surface area contributed by atoms with Crippen LogP contribution in [0.25, 0.3) is 16.9 Å². The zero-order valence-corrected chi connectivity index (χ0v) is 16.6. The number of anilines is 2. The molecular weight excluding hydrogens is 376 g/mol. The van der Waals surface area contributed by atoms with Gasteiger partial charge in [-0.05, 0) is 30.2 Å². The molecule has 3 aromatic heterocycles. The monoisotopic (exact) mass is 398 g/mol. The lowest BCUT2D eigenvalue weighted by Crippen LogP contribution is -2.14. The Hall–Kier alpha value is -3.87. The minimum atomic E-state index is -0.466. The van der Waals surface area contributed by atoms with E-state index < -0.39 is 5.91 Å². The summed E-state index contributed by atoms with van der Waals surface area (Å²) in [5.74, 6) is 0.974. The van der Waals surface area contributed by atoms with Crippen molar-refractivity contribution in [2.75, 3.05) is 17.2 Å². The summed E-state index contributed by atoms with van der Waals surface area (Å²) in [5, 5.41) is 6.87. The Morgan fingerprint density at radius 1 is 1.17 bits per heavy atom. The van der Waals surface area contributed by atoms with Gasteiger partial charge in [-0.25, -0.2) is 9.97 Å². The van der Waals surface area contributed by atoms with Gasteiger partial charge >= 0.3 is 0 Å². The lowest BCUT2D eigenvalue weighted by Gasteiger charge is -2.13. The number of benzene rings is 1. The average Bonchev–Trinajstić information content (AvgIpc) is 3.35. The van der Waals surface area contributed by atoms with Gasteiger partial charge in [0.1, 0.15) is 5.69 Å². The molecule has 150 valence electrons. The number of amides is 1. The van der Waals surface area contributed by atoms with Gasteiger partial charge in [-0.3, -0.25) is 4.79 Å². The summed E-state index contributed by atoms with van der Waals surface area (Å²) in [6, 6.07) is 15.7. The molecule has 5 rings (SSSR count). The molecule has 1 aromatic carbocycles. The van der Waals surface area contributed by atoms with E-state index in [-0.39, 0.29) is 0 Å². The van der Waals surface area contributed by atoms with E-state index in [0.717, 1.165) is 46.8 Å². The first kappa shape index (κ1) is 18.2. The quantitative estimate of drug-likeness (QED) is 0.479. The Kier molecular flexibility index (Phi) is 4.35. The molecule has 0 radical (unpaired) electrons. The summed E-state index contributed by atoms with van der Waals surface area (Å²) in [4.78, 5) is 21.6. The lowest BCUT2D eigenvalue weighted by atomic mass is 10.1. The highest BCUT2D eigenvalue weighted by atomic mass is 16.1. The van der Waals surface area contributed by atoms with Crippen LogP contribution in [0.3, 0.4) is 0 Å². The number of fused-ring (bicyclic) bond motifs is 2. The third-order valence-electron chi connectivity index (χ3n) is 5.43. The molecule has 7 nitrogen and oxygen atoms in total. The normalized spacial score (nSPS) is 12.6. The van der Waals surface area contributed by atoms with E-state index in [1.165, 1.54) is 5.56 Å². The van der Waals surface area contributed by atoms with Crippen LogP contribution in [0.15, 0.2) is 54.7 Å². The number of aromatic nitrogens is 3. The van der Waals surface area contributed by atoms with Gasteiger partial charge in [-0.1, -0.05) is 36.4 Å². The molecule has 0 unspecified atom stereocenters. The number of nitrogens with two attached hydrogens (primary N) is 1. The largest absolute Gasteiger partial charge is 0.380 e. The van der Waals surface area contributed by atoms with Gasteiger partial charge < -0.3 is 20.8 Å². The van der Waals surface area contributed by atoms with E-state index in [1.54, 1.807) is 6.07 Å². The predicted octanol–water partition coefficient (Wildman–Crippen LogP) is 3.38. The lowest BCUT2D eigenvalue weighted by molar-refractivity contribution is 0.0994. The molecule has 0 bridgehead atoms. The van der Waals surface area contributed by atoms with Crippen LogP contribution in [0, 0.1) is 6.92 Å². The Bertz CT molecular complexity index is 1260. The second-order valence-electron chi connectivity index (χ2n) is 7.45. The second kappa shape index (κ2) is 7.18. The summed E-state index contributed by atoms with van der Waals surface area (Å²) in [7, 11) is 0. The minimum absolute atomic E-state index is 0.437. The highest BCUT2D eigenvalue weighted by Crippen LogP contribution is 2.34. The van der Waals surface area contributed by atoms with Crippen LogP contribution in [-0.2, 0) is 13.0 Å². The molecular formula is C23H22N6O. The summed E-state index contributed by atoms with van der Waals surface area (Å²) >= 11 is 0. The first-order valence-corrected chi connectivity index (χ1v) is 9.95. The zero-order chi connectivity index (χ0) is 20.7. The number of primary amides is 1. The van der Waals surface area contributed by atoms with Crippen molar-refractivity contribution in [2.45, 2.75) is 19.9 Å². The molecule has 1 aliphatic rings. The van der Waals surface area contributed by atoms with Crippen molar-refractivity contribution in [1.82, 2.24) is 14.4 Å². The highest BCUT2D eigenvalue weighted by molar-refractivity contribution is 5.94. The third-order valence-corrected chi connectivity index (χ3v) is 5.43. The number of carbonyl (C=O) groups is 1. The molecule has 0 atom stereocenters. The van der Waals surface area contributed by atoms with E-state index in [4.69, 9.17) is 15.7 Å². The first-order valence-electron chi connectivity index (χ1n) is 9.95. The smallest absolute Gasteiger partial charge is 0.265 e. The summed E-state index contributed by atoms with van der Waals surface area (Å²) < 4.78 is 1.82. The molecule has 1 amide bonds. The predicted molar refractivity (Wildman–Crippen MR) is 118 cm³/mol. The Labute approximate surface area is 174 Å². The highest BCUT2D eigenvalue weighted by Gasteiger charge is 2.22. The number of aryl methyl sites for hydroxylation is 1. The van der Waals surface area contributed by atoms with Crippen LogP contribution >= 0.6 is 0 Å². The standard InChI is InChI=1S/C23H22N6O/c1-14-13-29-17(8-5-9-18(29)21(24)30)19(14)22-27-16-10-11-25-20(16)23(28-22)26-12-15-6-3-2-4-7-15/h2-9,13,25H,10-12H2,1H3,(H2,24,30)(H,26,27,28). The average molecular weight is 398 g/mol. The van der Waals surface area contributed by atoms with Crippen LogP contribution in [-0.4, -0.2) is 26.8 Å². The Balaban J connectivity index is 1.61. The maximum atomic E-state index is 11.9. The SMILES string of the molecule is Cc1cn2c(C(N)=O)cccc2c1-c1nc2c(c(NCc3ccccc3)n1)NCC2. The molecule has 30 heavy (non-hydrogen) atoms. The Morgan fingerprint density at radius 2 is 2.00 bits per heavy atom. The van der Waals surface area contributed by atoms with Crippen LogP contribution < -0.4 is 16.4 Å². The molecule has 4 heterocycles. The van der Waals surface area contributed by atoms with Crippen molar-refractivity contribution >= 4 is 22.9 Å². The number of hydrogen-bond acceptors (Lipinski definition) is 5. The van der Waals surface area contributed by atoms with Crippen LogP contribution in [0.2, 0.25) is 0 Å². The van der Waals surface area contributed by atoms with Gasteiger partial charge in [0, 0.05) is 31.3 Å². The molecule has 0 saturated heterocycles. The molecule has 1 aliphatic heterocycles. The second-order valence-corrected chi connectivity index (χ2v) is 7.45. The van der Waals surface area contributed by atoms with Gasteiger partial charge in [0.15, 0.2) is 11.6 Å². The van der Waals surface area contributed by atoms with Gasteiger partial charge in [0.05, 0.1) is 16.9 Å². The van der Waals surface area contributed by atoms with Crippen molar-refractivity contribution in [2.24, 2.45) is 5.73 Å². The van der Waals surface area contributed by atoms with E-state index in [1.807, 2.05) is 47.9 Å². The van der Waals surface area contributed by atoms with Crippen LogP contribution in [0.5, 0.6) is 0 Å². The first-order chi connectivity index (χ1) is 14.6. The molecule has 0 saturated carbocycles. The van der Waals surface area contributed by atoms with Crippen molar-refractivity contribution in [3.8, 4) is 11.4 Å². The van der Waals surface area contributed by atoms with Gasteiger partial charge in [-0.15, -0.1) is 0 Å². The molecule has 0 aliphatic carbocycles. The van der Waals surface area contributed by atoms with E-state index in [2.05, 4.69) is 22.8 Å². The van der Waals surface area contributed by atoms with Crippen LogP contribution in [0.1, 0.15) is 27.3 Å². The fourth-order valence-corrected chi connectivity index (χ4v) is 4.02. The minimum Gasteiger partial charge on any atom is -0.380 e. The van der Waals surface area contributed by atoms with Crippen molar-refractivity contribution in [3.05, 3.63) is 77.2 Å². The van der Waals surface area contributed by atoms with Crippen molar-refractivity contribution in [1.29, 1.82) is 0 Å². The van der Waals surface area contributed by atoms with Gasteiger partial charge in [-0.2, -0.15) is 0 Å². The zero-order valence-electron chi connectivity index (χ0n) is 16.6. The fraction of sp³-hybridized carbons (Fsp3) is 0.174. The van der Waals surface area contributed by atoms with Gasteiger partial charge in [0.25, 0.3) is 5.91 Å². The van der Waals surface area contributed by atoms with E-state index >= 15 is 0 Å². The maximum absolute atomic E-state index is 11.9. The summed E-state index contributed by atoms with van der Waals surface area (Å²) in [5.41, 5.74) is 11.9. The topological polar surface area (TPSA) is 97.3 Å². The maximum Gasteiger partial charge on any atom is 0.265 e. The molecule has 4 aromatic rings. The molecule has 0 fully saturated rings. The van der Waals surface area contributed by atoms with Crippen molar-refractivity contribution < 1.29 is 4.79 Å². The molecule has 7 heteroatoms. The van der Waals surface area contributed by atoms with E-state index in [9.17, 15) is 4.79 Å². The number of nitrogens with zero attached hydrogens (tertiary/aromatic N) is 3.